The normalized spacial score (nSPS) is 11.2. The second-order valence-corrected chi connectivity index (χ2v) is 6.04. The third-order valence-corrected chi connectivity index (χ3v) is 3.96. The predicted molar refractivity (Wildman–Crippen MR) is 93.5 cm³/mol. The number of methoxy groups -OCH3 is 1. The Balaban J connectivity index is 1.67. The summed E-state index contributed by atoms with van der Waals surface area (Å²) in [5, 5.41) is 7.53. The molecule has 0 saturated carbocycles. The quantitative estimate of drug-likeness (QED) is 0.462. The van der Waals surface area contributed by atoms with Crippen LogP contribution >= 0.6 is 11.3 Å². The van der Waals surface area contributed by atoms with Crippen molar-refractivity contribution in [2.24, 2.45) is 4.99 Å². The van der Waals surface area contributed by atoms with Crippen LogP contribution in [-0.4, -0.2) is 38.3 Å². The molecule has 0 spiro atoms. The van der Waals surface area contributed by atoms with E-state index < -0.39 is 0 Å². The molecule has 0 aliphatic carbocycles. The van der Waals surface area contributed by atoms with Crippen LogP contribution in [0.15, 0.2) is 35.5 Å². The van der Waals surface area contributed by atoms with Crippen LogP contribution in [0.5, 0.6) is 11.5 Å². The van der Waals surface area contributed by atoms with Crippen LogP contribution in [0.1, 0.15) is 9.88 Å². The number of hydrogen-bond donors (Lipinski definition) is 2. The first-order valence-corrected chi connectivity index (χ1v) is 8.15. The van der Waals surface area contributed by atoms with Gasteiger partial charge in [0.1, 0.15) is 18.1 Å². The van der Waals surface area contributed by atoms with Gasteiger partial charge in [0, 0.05) is 18.1 Å². The topological polar surface area (TPSA) is 67.8 Å². The van der Waals surface area contributed by atoms with Crippen LogP contribution in [-0.2, 0) is 6.54 Å². The molecule has 2 aromatic rings. The van der Waals surface area contributed by atoms with Gasteiger partial charge in [0.15, 0.2) is 5.96 Å². The minimum Gasteiger partial charge on any atom is -0.497 e. The lowest BCUT2D eigenvalue weighted by atomic mass is 10.3. The molecular formula is C16H22N4O2S. The van der Waals surface area contributed by atoms with Crippen molar-refractivity contribution in [2.75, 3.05) is 27.3 Å². The largest absolute Gasteiger partial charge is 0.497 e. The maximum absolute atomic E-state index is 5.66. The third kappa shape index (κ3) is 5.78. The van der Waals surface area contributed by atoms with Crippen molar-refractivity contribution in [2.45, 2.75) is 13.5 Å². The van der Waals surface area contributed by atoms with Crippen molar-refractivity contribution >= 4 is 17.3 Å². The SMILES string of the molecule is CN=C(NCCOc1ccc(OC)cc1)NCc1cnc(C)s1. The monoisotopic (exact) mass is 334 g/mol. The van der Waals surface area contributed by atoms with Gasteiger partial charge in [-0.1, -0.05) is 0 Å². The number of aromatic nitrogens is 1. The number of aryl methyl sites for hydroxylation is 1. The van der Waals surface area contributed by atoms with Crippen molar-refractivity contribution < 1.29 is 9.47 Å². The molecule has 1 aromatic heterocycles. The molecule has 0 amide bonds. The number of rotatable bonds is 7. The summed E-state index contributed by atoms with van der Waals surface area (Å²) >= 11 is 1.68. The first kappa shape index (κ1) is 17.1. The fourth-order valence-corrected chi connectivity index (χ4v) is 2.62. The van der Waals surface area contributed by atoms with E-state index in [0.717, 1.165) is 22.5 Å². The fourth-order valence-electron chi connectivity index (χ4n) is 1.89. The van der Waals surface area contributed by atoms with E-state index in [4.69, 9.17) is 9.47 Å². The predicted octanol–water partition coefficient (Wildman–Crippen LogP) is 2.20. The molecule has 1 heterocycles. The Bertz CT molecular complexity index is 625. The molecule has 0 bridgehead atoms. The van der Waals surface area contributed by atoms with E-state index in [2.05, 4.69) is 20.6 Å². The Morgan fingerprint density at radius 1 is 1.22 bits per heavy atom. The van der Waals surface area contributed by atoms with Gasteiger partial charge >= 0.3 is 0 Å². The molecule has 6 nitrogen and oxygen atoms in total. The van der Waals surface area contributed by atoms with Crippen LogP contribution < -0.4 is 20.1 Å². The van der Waals surface area contributed by atoms with E-state index in [1.54, 1.807) is 25.5 Å². The van der Waals surface area contributed by atoms with Crippen molar-refractivity contribution in [1.82, 2.24) is 15.6 Å². The summed E-state index contributed by atoms with van der Waals surface area (Å²) in [4.78, 5) is 9.60. The number of nitrogens with zero attached hydrogens (tertiary/aromatic N) is 2. The summed E-state index contributed by atoms with van der Waals surface area (Å²) in [5.74, 6) is 2.38. The van der Waals surface area contributed by atoms with Gasteiger partial charge in [0.2, 0.25) is 0 Å². The van der Waals surface area contributed by atoms with Crippen molar-refractivity contribution in [3.8, 4) is 11.5 Å². The van der Waals surface area contributed by atoms with Crippen molar-refractivity contribution in [3.63, 3.8) is 0 Å². The van der Waals surface area contributed by atoms with Crippen LogP contribution in [0.4, 0.5) is 0 Å². The molecule has 1 aromatic carbocycles. The van der Waals surface area contributed by atoms with Gasteiger partial charge < -0.3 is 20.1 Å². The lowest BCUT2D eigenvalue weighted by Crippen LogP contribution is -2.38. The van der Waals surface area contributed by atoms with E-state index >= 15 is 0 Å². The van der Waals surface area contributed by atoms with Crippen LogP contribution in [0, 0.1) is 6.92 Å². The number of guanidine groups is 1. The van der Waals surface area contributed by atoms with Crippen molar-refractivity contribution in [3.05, 3.63) is 40.3 Å². The van der Waals surface area contributed by atoms with E-state index in [-0.39, 0.29) is 0 Å². The number of nitrogens with one attached hydrogen (secondary N) is 2. The van der Waals surface area contributed by atoms with Gasteiger partial charge in [-0.15, -0.1) is 11.3 Å². The van der Waals surface area contributed by atoms with Gasteiger partial charge in [-0.2, -0.15) is 0 Å². The van der Waals surface area contributed by atoms with Gasteiger partial charge in [-0.05, 0) is 31.2 Å². The third-order valence-electron chi connectivity index (χ3n) is 3.05. The zero-order valence-electron chi connectivity index (χ0n) is 13.6. The Kier molecular flexibility index (Phi) is 6.68. The summed E-state index contributed by atoms with van der Waals surface area (Å²) < 4.78 is 10.8. The number of benzene rings is 1. The fraction of sp³-hybridized carbons (Fsp3) is 0.375. The molecule has 0 aliphatic heterocycles. The second-order valence-electron chi connectivity index (χ2n) is 4.72. The summed E-state index contributed by atoms with van der Waals surface area (Å²) in [5.41, 5.74) is 0. The Morgan fingerprint density at radius 3 is 2.57 bits per heavy atom. The molecule has 0 radical (unpaired) electrons. The molecule has 23 heavy (non-hydrogen) atoms. The van der Waals surface area contributed by atoms with Crippen LogP contribution in [0.25, 0.3) is 0 Å². The first-order chi connectivity index (χ1) is 11.2. The smallest absolute Gasteiger partial charge is 0.191 e. The number of thiazole rings is 1. The molecule has 2 rings (SSSR count). The zero-order chi connectivity index (χ0) is 16.5. The highest BCUT2D eigenvalue weighted by Crippen LogP contribution is 2.16. The molecule has 0 aliphatic rings. The summed E-state index contributed by atoms with van der Waals surface area (Å²) in [6, 6.07) is 7.52. The van der Waals surface area contributed by atoms with Crippen LogP contribution in [0.3, 0.4) is 0 Å². The molecule has 0 atom stereocenters. The second kappa shape index (κ2) is 8.99. The lowest BCUT2D eigenvalue weighted by Gasteiger charge is -2.12. The van der Waals surface area contributed by atoms with E-state index in [1.807, 2.05) is 37.4 Å². The maximum atomic E-state index is 5.66. The zero-order valence-corrected chi connectivity index (χ0v) is 14.4. The number of hydrogen-bond acceptors (Lipinski definition) is 5. The average molecular weight is 334 g/mol. The van der Waals surface area contributed by atoms with Crippen LogP contribution in [0.2, 0.25) is 0 Å². The highest BCUT2D eigenvalue weighted by atomic mass is 32.1. The molecule has 7 heteroatoms. The summed E-state index contributed by atoms with van der Waals surface area (Å²) in [6.07, 6.45) is 1.88. The molecular weight excluding hydrogens is 312 g/mol. The highest BCUT2D eigenvalue weighted by Gasteiger charge is 2.01. The van der Waals surface area contributed by atoms with E-state index in [1.165, 1.54) is 4.88 Å². The van der Waals surface area contributed by atoms with Gasteiger partial charge in [0.05, 0.1) is 25.2 Å². The Morgan fingerprint density at radius 2 is 1.96 bits per heavy atom. The molecule has 0 fully saturated rings. The molecule has 0 saturated heterocycles. The Labute approximate surface area is 140 Å². The first-order valence-electron chi connectivity index (χ1n) is 7.34. The molecule has 2 N–H and O–H groups in total. The van der Waals surface area contributed by atoms with Gasteiger partial charge in [0.25, 0.3) is 0 Å². The molecule has 0 unspecified atom stereocenters. The van der Waals surface area contributed by atoms with Crippen molar-refractivity contribution in [1.29, 1.82) is 0 Å². The minimum absolute atomic E-state index is 0.548. The molecule has 124 valence electrons. The summed E-state index contributed by atoms with van der Waals surface area (Å²) in [7, 11) is 3.39. The van der Waals surface area contributed by atoms with Gasteiger partial charge in [-0.3, -0.25) is 4.99 Å². The lowest BCUT2D eigenvalue weighted by molar-refractivity contribution is 0.321. The Hall–Kier alpha value is -2.28. The summed E-state index contributed by atoms with van der Waals surface area (Å²) in [6.45, 7) is 3.92. The standard InChI is InChI=1S/C16H22N4O2S/c1-12-19-10-15(23-12)11-20-16(17-2)18-8-9-22-14-6-4-13(21-3)5-7-14/h4-7,10H,8-9,11H2,1-3H3,(H2,17,18,20). The maximum Gasteiger partial charge on any atom is 0.191 e. The van der Waals surface area contributed by atoms with Gasteiger partial charge in [-0.25, -0.2) is 4.98 Å². The number of ether oxygens (including phenoxy) is 2. The van der Waals surface area contributed by atoms with E-state index in [0.29, 0.717) is 19.7 Å². The average Bonchev–Trinajstić information content (AvgIpc) is 3.00. The minimum atomic E-state index is 0.548. The van der Waals surface area contributed by atoms with E-state index in [9.17, 15) is 0 Å². The highest BCUT2D eigenvalue weighted by molar-refractivity contribution is 7.11. The number of aliphatic imine (C=N–C) groups is 1.